The summed E-state index contributed by atoms with van der Waals surface area (Å²) in [4.78, 5) is 20.7. The van der Waals surface area contributed by atoms with Gasteiger partial charge in [-0.3, -0.25) is 4.79 Å². The molecule has 0 bridgehead atoms. The van der Waals surface area contributed by atoms with Gasteiger partial charge in [0.05, 0.1) is 5.56 Å². The Kier molecular flexibility index (Phi) is 7.20. The molecule has 8 nitrogen and oxygen atoms in total. The maximum atomic E-state index is 12.4. The van der Waals surface area contributed by atoms with Crippen molar-refractivity contribution in [2.75, 3.05) is 13.9 Å². The van der Waals surface area contributed by atoms with Crippen LogP contribution >= 0.6 is 11.5 Å². The van der Waals surface area contributed by atoms with Crippen LogP contribution in [0.25, 0.3) is 11.4 Å². The molecule has 2 aromatic carbocycles. The molecule has 0 aliphatic rings. The van der Waals surface area contributed by atoms with Gasteiger partial charge in [0.2, 0.25) is 0 Å². The van der Waals surface area contributed by atoms with Crippen LogP contribution in [0.3, 0.4) is 0 Å². The molecule has 1 amide bonds. The van der Waals surface area contributed by atoms with Crippen molar-refractivity contribution in [2.24, 2.45) is 5.16 Å². The minimum Gasteiger partial charge on any atom is -0.429 e. The Labute approximate surface area is 182 Å². The molecule has 0 aliphatic carbocycles. The molecular weight excluding hydrogens is 456 g/mol. The summed E-state index contributed by atoms with van der Waals surface area (Å²) < 4.78 is 63.4. The number of para-hydroxylation sites is 1. The van der Waals surface area contributed by atoms with E-state index in [1.807, 2.05) is 0 Å². The van der Waals surface area contributed by atoms with E-state index >= 15 is 0 Å². The molecular formula is C19H14F4N4O4S. The molecule has 0 aliphatic heterocycles. The molecule has 168 valence electrons. The number of carbonyl (C=O) groups excluding carboxylic acids is 1. The molecule has 0 unspecified atom stereocenters. The standard InChI is InChI=1S/C19H14F4N4O4S/c1-24-17(28)15(26-29-10-20)13-7-2-3-8-14(13)30-18-25-16(27-32-18)11-5-4-6-12(9-11)31-19(21,22)23/h2-9H,10H2,1H3,(H,24,28)/b26-15-. The first-order valence-corrected chi connectivity index (χ1v) is 9.53. The highest BCUT2D eigenvalue weighted by molar-refractivity contribution is 7.07. The Morgan fingerprint density at radius 2 is 1.97 bits per heavy atom. The van der Waals surface area contributed by atoms with Crippen LogP contribution in [0.15, 0.2) is 53.7 Å². The van der Waals surface area contributed by atoms with Gasteiger partial charge in [0, 0.05) is 24.1 Å². The smallest absolute Gasteiger partial charge is 0.429 e. The van der Waals surface area contributed by atoms with Gasteiger partial charge in [0.1, 0.15) is 11.5 Å². The van der Waals surface area contributed by atoms with Crippen LogP contribution in [0.5, 0.6) is 16.7 Å². The average Bonchev–Trinajstić information content (AvgIpc) is 3.22. The number of alkyl halides is 4. The van der Waals surface area contributed by atoms with E-state index in [1.54, 1.807) is 12.1 Å². The Morgan fingerprint density at radius 3 is 2.69 bits per heavy atom. The Morgan fingerprint density at radius 1 is 1.19 bits per heavy atom. The molecule has 0 atom stereocenters. The van der Waals surface area contributed by atoms with Crippen LogP contribution in [0.2, 0.25) is 0 Å². The largest absolute Gasteiger partial charge is 0.573 e. The lowest BCUT2D eigenvalue weighted by Gasteiger charge is -2.10. The number of rotatable bonds is 8. The monoisotopic (exact) mass is 470 g/mol. The van der Waals surface area contributed by atoms with Crippen molar-refractivity contribution in [1.29, 1.82) is 0 Å². The lowest BCUT2D eigenvalue weighted by atomic mass is 10.1. The number of likely N-dealkylation sites (N-methyl/N-ethyl adjacent to an activating group) is 1. The van der Waals surface area contributed by atoms with Gasteiger partial charge in [-0.2, -0.15) is 9.36 Å². The van der Waals surface area contributed by atoms with E-state index in [4.69, 9.17) is 4.74 Å². The third kappa shape index (κ3) is 5.91. The van der Waals surface area contributed by atoms with Crippen molar-refractivity contribution in [3.8, 4) is 28.1 Å². The van der Waals surface area contributed by atoms with E-state index in [-0.39, 0.29) is 33.6 Å². The third-order valence-corrected chi connectivity index (χ3v) is 4.31. The predicted molar refractivity (Wildman–Crippen MR) is 106 cm³/mol. The summed E-state index contributed by atoms with van der Waals surface area (Å²) in [5, 5.41) is 5.89. The van der Waals surface area contributed by atoms with Crippen LogP contribution < -0.4 is 14.8 Å². The topological polar surface area (TPSA) is 94.9 Å². The second kappa shape index (κ2) is 10.0. The number of aromatic nitrogens is 2. The number of ether oxygens (including phenoxy) is 2. The fourth-order valence-electron chi connectivity index (χ4n) is 2.47. The molecule has 3 rings (SSSR count). The number of oxime groups is 1. The van der Waals surface area contributed by atoms with Crippen LogP contribution in [-0.2, 0) is 9.63 Å². The van der Waals surface area contributed by atoms with Crippen molar-refractivity contribution in [2.45, 2.75) is 6.36 Å². The molecule has 0 fully saturated rings. The summed E-state index contributed by atoms with van der Waals surface area (Å²) in [5.41, 5.74) is 0.232. The van der Waals surface area contributed by atoms with Gasteiger partial charge < -0.3 is 19.6 Å². The lowest BCUT2D eigenvalue weighted by molar-refractivity contribution is -0.274. The Hall–Kier alpha value is -3.74. The number of amides is 1. The van der Waals surface area contributed by atoms with Crippen LogP contribution in [0, 0.1) is 0 Å². The number of carbonyl (C=O) groups is 1. The second-order valence-corrected chi connectivity index (χ2v) is 6.53. The molecule has 0 radical (unpaired) electrons. The zero-order valence-corrected chi connectivity index (χ0v) is 17.0. The maximum Gasteiger partial charge on any atom is 0.573 e. The molecule has 1 aromatic heterocycles. The predicted octanol–water partition coefficient (Wildman–Crippen LogP) is 4.29. The molecule has 32 heavy (non-hydrogen) atoms. The average molecular weight is 470 g/mol. The molecule has 1 N–H and O–H groups in total. The quantitative estimate of drug-likeness (QED) is 0.300. The highest BCUT2D eigenvalue weighted by Gasteiger charge is 2.31. The van der Waals surface area contributed by atoms with Crippen LogP contribution in [-0.4, -0.2) is 41.2 Å². The summed E-state index contributed by atoms with van der Waals surface area (Å²) in [5.74, 6) is -0.809. The van der Waals surface area contributed by atoms with Crippen LogP contribution in [0.1, 0.15) is 5.56 Å². The number of halogens is 4. The third-order valence-electron chi connectivity index (χ3n) is 3.72. The van der Waals surface area contributed by atoms with Gasteiger partial charge >= 0.3 is 6.36 Å². The van der Waals surface area contributed by atoms with Crippen molar-refractivity contribution in [1.82, 2.24) is 14.7 Å². The van der Waals surface area contributed by atoms with Gasteiger partial charge in [-0.15, -0.1) is 13.2 Å². The van der Waals surface area contributed by atoms with E-state index < -0.39 is 24.9 Å². The highest BCUT2D eigenvalue weighted by atomic mass is 32.1. The molecule has 1 heterocycles. The summed E-state index contributed by atoms with van der Waals surface area (Å²) >= 11 is 0.833. The van der Waals surface area contributed by atoms with E-state index in [9.17, 15) is 22.4 Å². The summed E-state index contributed by atoms with van der Waals surface area (Å²) in [6, 6.07) is 11.4. The van der Waals surface area contributed by atoms with E-state index in [0.717, 1.165) is 23.7 Å². The molecule has 0 saturated carbocycles. The highest BCUT2D eigenvalue weighted by Crippen LogP contribution is 2.31. The number of nitrogens with zero attached hydrogens (tertiary/aromatic N) is 3. The zero-order chi connectivity index (χ0) is 23.1. The van der Waals surface area contributed by atoms with Crippen LogP contribution in [0.4, 0.5) is 17.6 Å². The number of nitrogens with one attached hydrogen (secondary N) is 1. The molecule has 0 spiro atoms. The van der Waals surface area contributed by atoms with Crippen molar-refractivity contribution in [3.05, 3.63) is 54.1 Å². The Bertz CT molecular complexity index is 1120. The van der Waals surface area contributed by atoms with E-state index in [1.165, 1.54) is 31.3 Å². The zero-order valence-electron chi connectivity index (χ0n) is 16.2. The first-order chi connectivity index (χ1) is 15.3. The van der Waals surface area contributed by atoms with Gasteiger partial charge in [-0.25, -0.2) is 4.39 Å². The fourth-order valence-corrected chi connectivity index (χ4v) is 3.03. The molecule has 0 saturated heterocycles. The lowest BCUT2D eigenvalue weighted by Crippen LogP contribution is -2.29. The van der Waals surface area contributed by atoms with Crippen molar-refractivity contribution < 1.29 is 36.7 Å². The normalized spacial score (nSPS) is 11.7. The first-order valence-electron chi connectivity index (χ1n) is 8.76. The van der Waals surface area contributed by atoms with Crippen molar-refractivity contribution in [3.63, 3.8) is 0 Å². The fraction of sp³-hybridized carbons (Fsp3) is 0.158. The van der Waals surface area contributed by atoms with E-state index in [2.05, 4.69) is 29.4 Å². The summed E-state index contributed by atoms with van der Waals surface area (Å²) in [6.45, 7) is -1.24. The second-order valence-electron chi connectivity index (χ2n) is 5.81. The summed E-state index contributed by atoms with van der Waals surface area (Å²) in [7, 11) is 1.37. The SMILES string of the molecule is CNC(=O)/C(=N\OCF)c1ccccc1Oc1nc(-c2cccc(OC(F)(F)F)c2)ns1. The first kappa shape index (κ1) is 22.9. The van der Waals surface area contributed by atoms with Gasteiger partial charge in [0.25, 0.3) is 18.0 Å². The molecule has 3 aromatic rings. The van der Waals surface area contributed by atoms with Gasteiger partial charge in [-0.1, -0.05) is 29.4 Å². The minimum absolute atomic E-state index is 0.0391. The molecule has 13 heteroatoms. The number of hydrogen-bond donors (Lipinski definition) is 1. The van der Waals surface area contributed by atoms with Gasteiger partial charge in [-0.05, 0) is 24.3 Å². The van der Waals surface area contributed by atoms with Crippen molar-refractivity contribution >= 4 is 23.2 Å². The minimum atomic E-state index is -4.83. The van der Waals surface area contributed by atoms with E-state index in [0.29, 0.717) is 0 Å². The van der Waals surface area contributed by atoms with Gasteiger partial charge in [0.15, 0.2) is 11.5 Å². The Balaban J connectivity index is 1.87. The number of hydrogen-bond acceptors (Lipinski definition) is 8. The maximum absolute atomic E-state index is 12.4. The number of benzene rings is 2. The summed E-state index contributed by atoms with van der Waals surface area (Å²) in [6.07, 6.45) is -4.83.